The maximum atomic E-state index is 12.1. The minimum atomic E-state index is -0.231. The van der Waals surface area contributed by atoms with Gasteiger partial charge < -0.3 is 10.1 Å². The quantitative estimate of drug-likeness (QED) is 0.815. The van der Waals surface area contributed by atoms with Crippen LogP contribution >= 0.6 is 11.6 Å². The van der Waals surface area contributed by atoms with Crippen LogP contribution in [0.4, 0.5) is 5.82 Å². The SMILES string of the molecule is CCCCOc1cccc(C(=O)Nc2ccc(Cl)cn2)c1. The van der Waals surface area contributed by atoms with Crippen LogP contribution in [0, 0.1) is 0 Å². The molecule has 1 aromatic heterocycles. The van der Waals surface area contributed by atoms with E-state index in [1.165, 1.54) is 6.20 Å². The molecule has 4 nitrogen and oxygen atoms in total. The Bertz CT molecular complexity index is 599. The number of benzene rings is 1. The number of anilines is 1. The lowest BCUT2D eigenvalue weighted by Crippen LogP contribution is -2.13. The first-order valence-electron chi connectivity index (χ1n) is 6.85. The average Bonchev–Trinajstić information content (AvgIpc) is 2.50. The van der Waals surface area contributed by atoms with Crippen LogP contribution in [0.2, 0.25) is 5.02 Å². The number of pyridine rings is 1. The Morgan fingerprint density at radius 3 is 2.90 bits per heavy atom. The molecule has 2 aromatic rings. The summed E-state index contributed by atoms with van der Waals surface area (Å²) in [5, 5.41) is 3.24. The van der Waals surface area contributed by atoms with Crippen LogP contribution in [-0.2, 0) is 0 Å². The summed E-state index contributed by atoms with van der Waals surface area (Å²) in [4.78, 5) is 16.2. The van der Waals surface area contributed by atoms with Gasteiger partial charge in [-0.1, -0.05) is 31.0 Å². The molecule has 1 heterocycles. The summed E-state index contributed by atoms with van der Waals surface area (Å²) in [6, 6.07) is 10.4. The van der Waals surface area contributed by atoms with E-state index in [1.807, 2.05) is 6.07 Å². The summed E-state index contributed by atoms with van der Waals surface area (Å²) >= 11 is 5.75. The number of aromatic nitrogens is 1. The van der Waals surface area contributed by atoms with Crippen LogP contribution in [0.25, 0.3) is 0 Å². The second kappa shape index (κ2) is 7.64. The third kappa shape index (κ3) is 4.76. The third-order valence-corrected chi connectivity index (χ3v) is 3.06. The summed E-state index contributed by atoms with van der Waals surface area (Å²) in [5.41, 5.74) is 0.528. The van der Waals surface area contributed by atoms with Crippen molar-refractivity contribution in [3.8, 4) is 5.75 Å². The van der Waals surface area contributed by atoms with Crippen molar-refractivity contribution < 1.29 is 9.53 Å². The van der Waals surface area contributed by atoms with E-state index in [9.17, 15) is 4.79 Å². The summed E-state index contributed by atoms with van der Waals surface area (Å²) in [5.74, 6) is 0.924. The van der Waals surface area contributed by atoms with Crippen molar-refractivity contribution in [1.82, 2.24) is 4.98 Å². The molecule has 2 rings (SSSR count). The maximum absolute atomic E-state index is 12.1. The Kier molecular flexibility index (Phi) is 5.58. The van der Waals surface area contributed by atoms with Gasteiger partial charge in [0, 0.05) is 11.8 Å². The molecule has 0 aliphatic rings. The lowest BCUT2D eigenvalue weighted by atomic mass is 10.2. The van der Waals surface area contributed by atoms with Gasteiger partial charge >= 0.3 is 0 Å². The van der Waals surface area contributed by atoms with E-state index in [1.54, 1.807) is 30.3 Å². The minimum Gasteiger partial charge on any atom is -0.494 e. The van der Waals surface area contributed by atoms with Crippen LogP contribution in [0.5, 0.6) is 5.75 Å². The Morgan fingerprint density at radius 2 is 2.19 bits per heavy atom. The Labute approximate surface area is 129 Å². The zero-order chi connectivity index (χ0) is 15.1. The molecule has 0 bridgehead atoms. The standard InChI is InChI=1S/C16H17ClN2O2/c1-2-3-9-21-14-6-4-5-12(10-14)16(20)19-15-8-7-13(17)11-18-15/h4-8,10-11H,2-3,9H2,1H3,(H,18,19,20). The highest BCUT2D eigenvalue weighted by atomic mass is 35.5. The van der Waals surface area contributed by atoms with Crippen LogP contribution in [0.3, 0.4) is 0 Å². The third-order valence-electron chi connectivity index (χ3n) is 2.83. The van der Waals surface area contributed by atoms with Gasteiger partial charge in [0.05, 0.1) is 11.6 Å². The van der Waals surface area contributed by atoms with Gasteiger partial charge in [0.15, 0.2) is 0 Å². The lowest BCUT2D eigenvalue weighted by molar-refractivity contribution is 0.102. The first-order valence-corrected chi connectivity index (χ1v) is 7.22. The van der Waals surface area contributed by atoms with Gasteiger partial charge in [-0.2, -0.15) is 0 Å². The van der Waals surface area contributed by atoms with E-state index in [0.29, 0.717) is 28.8 Å². The lowest BCUT2D eigenvalue weighted by Gasteiger charge is -2.08. The Morgan fingerprint density at radius 1 is 1.33 bits per heavy atom. The van der Waals surface area contributed by atoms with Gasteiger partial charge in [0.2, 0.25) is 0 Å². The molecule has 1 N–H and O–H groups in total. The number of carbonyl (C=O) groups excluding carboxylic acids is 1. The number of nitrogens with one attached hydrogen (secondary N) is 1. The van der Waals surface area contributed by atoms with E-state index in [0.717, 1.165) is 12.8 Å². The number of halogens is 1. The highest BCUT2D eigenvalue weighted by molar-refractivity contribution is 6.30. The summed E-state index contributed by atoms with van der Waals surface area (Å²) in [6.45, 7) is 2.76. The highest BCUT2D eigenvalue weighted by Crippen LogP contribution is 2.16. The predicted molar refractivity (Wildman–Crippen MR) is 84.0 cm³/mol. The number of unbranched alkanes of at least 4 members (excludes halogenated alkanes) is 1. The van der Waals surface area contributed by atoms with Crippen molar-refractivity contribution in [2.75, 3.05) is 11.9 Å². The van der Waals surface area contributed by atoms with Crippen LogP contribution in [0.1, 0.15) is 30.1 Å². The molecule has 0 atom stereocenters. The number of hydrogen-bond acceptors (Lipinski definition) is 3. The van der Waals surface area contributed by atoms with Crippen molar-refractivity contribution in [3.05, 3.63) is 53.2 Å². The van der Waals surface area contributed by atoms with Gasteiger partial charge in [-0.05, 0) is 36.8 Å². The van der Waals surface area contributed by atoms with E-state index in [-0.39, 0.29) is 5.91 Å². The molecule has 110 valence electrons. The van der Waals surface area contributed by atoms with E-state index in [4.69, 9.17) is 16.3 Å². The molecule has 0 fully saturated rings. The number of hydrogen-bond donors (Lipinski definition) is 1. The number of nitrogens with zero attached hydrogens (tertiary/aromatic N) is 1. The van der Waals surface area contributed by atoms with E-state index < -0.39 is 0 Å². The molecule has 0 aliphatic carbocycles. The van der Waals surface area contributed by atoms with Crippen molar-refractivity contribution in [1.29, 1.82) is 0 Å². The molecule has 0 aliphatic heterocycles. The van der Waals surface area contributed by atoms with Crippen molar-refractivity contribution in [2.24, 2.45) is 0 Å². The van der Waals surface area contributed by atoms with Crippen molar-refractivity contribution >= 4 is 23.3 Å². The Balaban J connectivity index is 2.01. The average molecular weight is 305 g/mol. The van der Waals surface area contributed by atoms with Gasteiger partial charge in [0.1, 0.15) is 11.6 Å². The topological polar surface area (TPSA) is 51.2 Å². The smallest absolute Gasteiger partial charge is 0.256 e. The van der Waals surface area contributed by atoms with E-state index >= 15 is 0 Å². The predicted octanol–water partition coefficient (Wildman–Crippen LogP) is 4.17. The second-order valence-electron chi connectivity index (χ2n) is 4.55. The molecule has 1 amide bonds. The molecule has 21 heavy (non-hydrogen) atoms. The molecule has 0 saturated carbocycles. The fraction of sp³-hybridized carbons (Fsp3) is 0.250. The minimum absolute atomic E-state index is 0.231. The fourth-order valence-electron chi connectivity index (χ4n) is 1.70. The normalized spacial score (nSPS) is 10.2. The molecular weight excluding hydrogens is 288 g/mol. The van der Waals surface area contributed by atoms with Gasteiger partial charge in [-0.15, -0.1) is 0 Å². The van der Waals surface area contributed by atoms with Gasteiger partial charge in [0.25, 0.3) is 5.91 Å². The molecule has 0 saturated heterocycles. The van der Waals surface area contributed by atoms with E-state index in [2.05, 4.69) is 17.2 Å². The summed E-state index contributed by atoms with van der Waals surface area (Å²) in [6.07, 6.45) is 3.55. The summed E-state index contributed by atoms with van der Waals surface area (Å²) in [7, 11) is 0. The maximum Gasteiger partial charge on any atom is 0.256 e. The first-order chi connectivity index (χ1) is 10.2. The summed E-state index contributed by atoms with van der Waals surface area (Å²) < 4.78 is 5.59. The number of rotatable bonds is 6. The van der Waals surface area contributed by atoms with Gasteiger partial charge in [-0.25, -0.2) is 4.98 Å². The molecule has 0 unspecified atom stereocenters. The molecule has 5 heteroatoms. The number of amides is 1. The molecule has 0 radical (unpaired) electrons. The zero-order valence-electron chi connectivity index (χ0n) is 11.8. The second-order valence-corrected chi connectivity index (χ2v) is 4.98. The number of ether oxygens (including phenoxy) is 1. The monoisotopic (exact) mass is 304 g/mol. The largest absolute Gasteiger partial charge is 0.494 e. The highest BCUT2D eigenvalue weighted by Gasteiger charge is 2.08. The molecule has 0 spiro atoms. The van der Waals surface area contributed by atoms with Crippen molar-refractivity contribution in [3.63, 3.8) is 0 Å². The van der Waals surface area contributed by atoms with Gasteiger partial charge in [-0.3, -0.25) is 4.79 Å². The zero-order valence-corrected chi connectivity index (χ0v) is 12.6. The van der Waals surface area contributed by atoms with Crippen molar-refractivity contribution in [2.45, 2.75) is 19.8 Å². The van der Waals surface area contributed by atoms with Crippen LogP contribution < -0.4 is 10.1 Å². The molecule has 1 aromatic carbocycles. The number of carbonyl (C=O) groups is 1. The molecular formula is C16H17ClN2O2. The first kappa shape index (κ1) is 15.3. The van der Waals surface area contributed by atoms with Crippen LogP contribution in [-0.4, -0.2) is 17.5 Å². The fourth-order valence-corrected chi connectivity index (χ4v) is 1.81. The van der Waals surface area contributed by atoms with Crippen LogP contribution in [0.15, 0.2) is 42.6 Å². The Hall–Kier alpha value is -2.07.